The van der Waals surface area contributed by atoms with Gasteiger partial charge in [0, 0.05) is 41.0 Å². The second kappa shape index (κ2) is 10.3. The molecule has 0 spiro atoms. The predicted octanol–water partition coefficient (Wildman–Crippen LogP) is 3.80. The number of rotatable bonds is 7. The van der Waals surface area contributed by atoms with Crippen molar-refractivity contribution in [3.8, 4) is 23.0 Å². The summed E-state index contributed by atoms with van der Waals surface area (Å²) in [6, 6.07) is 8.16. The van der Waals surface area contributed by atoms with E-state index in [1.54, 1.807) is 6.20 Å². The third-order valence-electron chi connectivity index (χ3n) is 6.29. The maximum absolute atomic E-state index is 12.4. The highest BCUT2D eigenvalue weighted by molar-refractivity contribution is 5.76. The fraction of sp³-hybridized carbons (Fsp3) is 0.480. The second-order valence-electron chi connectivity index (χ2n) is 9.00. The number of carbonyl (C=O) groups is 1. The van der Waals surface area contributed by atoms with Crippen LogP contribution in [0.5, 0.6) is 0 Å². The number of anilines is 1. The van der Waals surface area contributed by atoms with Crippen LogP contribution < -0.4 is 10.2 Å². The normalized spacial score (nSPS) is 16.4. The minimum Gasteiger partial charge on any atom is -0.415 e. The van der Waals surface area contributed by atoms with E-state index in [9.17, 15) is 4.79 Å². The van der Waals surface area contributed by atoms with Crippen molar-refractivity contribution in [2.45, 2.75) is 46.7 Å². The molecule has 0 bridgehead atoms. The van der Waals surface area contributed by atoms with Gasteiger partial charge in [0.05, 0.1) is 17.9 Å². The molecule has 0 aliphatic carbocycles. The molecule has 34 heavy (non-hydrogen) atoms. The maximum atomic E-state index is 12.4. The Morgan fingerprint density at radius 2 is 1.94 bits per heavy atom. The van der Waals surface area contributed by atoms with Gasteiger partial charge in [-0.1, -0.05) is 32.9 Å². The number of amides is 1. The summed E-state index contributed by atoms with van der Waals surface area (Å²) in [5.74, 6) is 2.09. The zero-order chi connectivity index (χ0) is 24.2. The van der Waals surface area contributed by atoms with Crippen LogP contribution in [0.3, 0.4) is 0 Å². The van der Waals surface area contributed by atoms with Crippen LogP contribution in [0.4, 0.5) is 5.82 Å². The zero-order valence-electron chi connectivity index (χ0n) is 20.6. The molecule has 1 fully saturated rings. The SMILES string of the molecule is CCC(=O)N1CCN(c2cnc(C)c(-c3nnc(-c4ccc(CNC)cc4)o3)n2)C[C@@H]1C(C)C.[HH].[HH]. The van der Waals surface area contributed by atoms with Gasteiger partial charge in [-0.25, -0.2) is 4.98 Å². The number of nitrogens with one attached hydrogen (secondary N) is 1. The molecule has 1 aromatic carbocycles. The monoisotopic (exact) mass is 467 g/mol. The van der Waals surface area contributed by atoms with Gasteiger partial charge in [0.25, 0.3) is 5.89 Å². The van der Waals surface area contributed by atoms with Gasteiger partial charge < -0.3 is 19.5 Å². The molecular formula is C25H37N7O2. The van der Waals surface area contributed by atoms with Crippen LogP contribution in [0.1, 0.15) is 41.3 Å². The van der Waals surface area contributed by atoms with E-state index in [0.717, 1.165) is 23.6 Å². The smallest absolute Gasteiger partial charge is 0.268 e. The molecule has 4 rings (SSSR count). The molecule has 0 saturated carbocycles. The Labute approximate surface area is 203 Å². The zero-order valence-corrected chi connectivity index (χ0v) is 20.6. The molecule has 1 aliphatic heterocycles. The molecule has 0 radical (unpaired) electrons. The molecule has 0 unspecified atom stereocenters. The summed E-state index contributed by atoms with van der Waals surface area (Å²) in [4.78, 5) is 26.0. The highest BCUT2D eigenvalue weighted by Crippen LogP contribution is 2.28. The molecule has 9 heteroatoms. The number of piperazine rings is 1. The topological polar surface area (TPSA) is 100 Å². The van der Waals surface area contributed by atoms with Gasteiger partial charge in [0.1, 0.15) is 5.82 Å². The molecule has 3 aromatic rings. The Kier molecular flexibility index (Phi) is 7.21. The second-order valence-corrected chi connectivity index (χ2v) is 9.00. The first kappa shape index (κ1) is 23.8. The van der Waals surface area contributed by atoms with Crippen LogP contribution in [0.15, 0.2) is 34.9 Å². The van der Waals surface area contributed by atoms with Crippen molar-refractivity contribution < 1.29 is 12.1 Å². The number of carbonyl (C=O) groups excluding carboxylic acids is 1. The summed E-state index contributed by atoms with van der Waals surface area (Å²) in [5.41, 5.74) is 3.34. The average molecular weight is 468 g/mol. The van der Waals surface area contributed by atoms with Crippen molar-refractivity contribution in [2.75, 3.05) is 31.6 Å². The average Bonchev–Trinajstić information content (AvgIpc) is 3.34. The van der Waals surface area contributed by atoms with Crippen molar-refractivity contribution in [3.63, 3.8) is 0 Å². The van der Waals surface area contributed by atoms with Crippen molar-refractivity contribution >= 4 is 11.7 Å². The molecule has 184 valence electrons. The van der Waals surface area contributed by atoms with E-state index in [1.807, 2.05) is 50.1 Å². The Morgan fingerprint density at radius 1 is 1.21 bits per heavy atom. The third-order valence-corrected chi connectivity index (χ3v) is 6.29. The highest BCUT2D eigenvalue weighted by atomic mass is 16.4. The number of aromatic nitrogens is 4. The largest absolute Gasteiger partial charge is 0.415 e. The first-order valence-electron chi connectivity index (χ1n) is 11.9. The lowest BCUT2D eigenvalue weighted by Crippen LogP contribution is -2.57. The van der Waals surface area contributed by atoms with Gasteiger partial charge in [-0.2, -0.15) is 0 Å². The lowest BCUT2D eigenvalue weighted by Gasteiger charge is -2.43. The van der Waals surface area contributed by atoms with Gasteiger partial charge in [0.2, 0.25) is 11.8 Å². The van der Waals surface area contributed by atoms with Crippen LogP contribution in [-0.2, 0) is 11.3 Å². The molecule has 2 aromatic heterocycles. The fourth-order valence-electron chi connectivity index (χ4n) is 4.30. The molecule has 1 saturated heterocycles. The predicted molar refractivity (Wildman–Crippen MR) is 135 cm³/mol. The summed E-state index contributed by atoms with van der Waals surface area (Å²) in [6.45, 7) is 11.0. The van der Waals surface area contributed by atoms with E-state index in [-0.39, 0.29) is 14.8 Å². The van der Waals surface area contributed by atoms with E-state index in [2.05, 4.69) is 39.2 Å². The maximum Gasteiger partial charge on any atom is 0.268 e. The Bertz CT molecular complexity index is 1140. The summed E-state index contributed by atoms with van der Waals surface area (Å²) in [5, 5.41) is 11.6. The standard InChI is InChI=1S/C25H33N7O2.2H2/c1-6-22(33)32-12-11-31(15-20(32)16(2)3)21-14-27-17(4)23(28-21)25-30-29-24(34-25)19-9-7-18(8-10-19)13-26-5;;/h7-10,14,16,20,26H,6,11-13,15H2,1-5H3;2*1H/t20-;;/m1../s1. The summed E-state index contributed by atoms with van der Waals surface area (Å²) < 4.78 is 5.99. The third kappa shape index (κ3) is 4.94. The minimum absolute atomic E-state index is 0. The fourth-order valence-corrected chi connectivity index (χ4v) is 4.30. The molecule has 1 amide bonds. The van der Waals surface area contributed by atoms with Crippen LogP contribution in [0.2, 0.25) is 0 Å². The van der Waals surface area contributed by atoms with Crippen molar-refractivity contribution in [3.05, 3.63) is 41.7 Å². The molecule has 9 nitrogen and oxygen atoms in total. The quantitative estimate of drug-likeness (QED) is 0.560. The van der Waals surface area contributed by atoms with Crippen LogP contribution in [0.25, 0.3) is 23.0 Å². The summed E-state index contributed by atoms with van der Waals surface area (Å²) in [6.07, 6.45) is 2.31. The molecule has 1 atom stereocenters. The van der Waals surface area contributed by atoms with E-state index in [0.29, 0.717) is 49.4 Å². The van der Waals surface area contributed by atoms with Gasteiger partial charge >= 0.3 is 0 Å². The first-order chi connectivity index (χ1) is 16.4. The number of aryl methyl sites for hydroxylation is 1. The van der Waals surface area contributed by atoms with Crippen LogP contribution >= 0.6 is 0 Å². The van der Waals surface area contributed by atoms with E-state index in [4.69, 9.17) is 9.40 Å². The van der Waals surface area contributed by atoms with Crippen LogP contribution in [-0.4, -0.2) is 63.7 Å². The Morgan fingerprint density at radius 3 is 2.62 bits per heavy atom. The van der Waals surface area contributed by atoms with Gasteiger partial charge in [-0.3, -0.25) is 9.78 Å². The van der Waals surface area contributed by atoms with E-state index >= 15 is 0 Å². The Balaban J connectivity index is 0.00000228. The molecule has 3 heterocycles. The lowest BCUT2D eigenvalue weighted by atomic mass is 9.99. The highest BCUT2D eigenvalue weighted by Gasteiger charge is 2.32. The first-order valence-corrected chi connectivity index (χ1v) is 11.9. The summed E-state index contributed by atoms with van der Waals surface area (Å²) in [7, 11) is 1.92. The van der Waals surface area contributed by atoms with Crippen molar-refractivity contribution in [2.24, 2.45) is 5.92 Å². The summed E-state index contributed by atoms with van der Waals surface area (Å²) >= 11 is 0. The number of benzene rings is 1. The van der Waals surface area contributed by atoms with Crippen LogP contribution in [0, 0.1) is 12.8 Å². The van der Waals surface area contributed by atoms with Gasteiger partial charge in [0.15, 0.2) is 5.69 Å². The van der Waals surface area contributed by atoms with Gasteiger partial charge in [-0.05, 0) is 37.6 Å². The number of nitrogens with zero attached hydrogens (tertiary/aromatic N) is 6. The Hall–Kier alpha value is -3.33. The van der Waals surface area contributed by atoms with E-state index < -0.39 is 0 Å². The molecule has 1 aliphatic rings. The van der Waals surface area contributed by atoms with Gasteiger partial charge in [-0.15, -0.1) is 10.2 Å². The minimum atomic E-state index is 0. The number of hydrogen-bond acceptors (Lipinski definition) is 8. The van der Waals surface area contributed by atoms with Crippen molar-refractivity contribution in [1.82, 2.24) is 30.4 Å². The number of hydrogen-bond donors (Lipinski definition) is 1. The van der Waals surface area contributed by atoms with E-state index in [1.165, 1.54) is 5.56 Å². The lowest BCUT2D eigenvalue weighted by molar-refractivity contribution is -0.134. The molecule has 1 N–H and O–H groups in total. The van der Waals surface area contributed by atoms with Crippen molar-refractivity contribution in [1.29, 1.82) is 0 Å². The molecular weight excluding hydrogens is 430 g/mol.